The Bertz CT molecular complexity index is 635. The molecule has 0 aromatic carbocycles. The highest BCUT2D eigenvalue weighted by Gasteiger charge is 2.24. The Balaban J connectivity index is 1.52. The van der Waals surface area contributed by atoms with Gasteiger partial charge in [0.25, 0.3) is 0 Å². The number of likely N-dealkylation sites (tertiary alicyclic amines) is 1. The predicted molar refractivity (Wildman–Crippen MR) is 86.2 cm³/mol. The van der Waals surface area contributed by atoms with Gasteiger partial charge in [0.15, 0.2) is 0 Å². The van der Waals surface area contributed by atoms with E-state index < -0.39 is 0 Å². The third-order valence-electron chi connectivity index (χ3n) is 4.22. The lowest BCUT2D eigenvalue weighted by molar-refractivity contribution is -0.117. The maximum Gasteiger partial charge on any atom is 0.240 e. The van der Waals surface area contributed by atoms with Crippen molar-refractivity contribution in [2.24, 2.45) is 0 Å². The van der Waals surface area contributed by atoms with Gasteiger partial charge in [0, 0.05) is 30.4 Å². The highest BCUT2D eigenvalue weighted by atomic mass is 16.5. The molecule has 7 heteroatoms. The van der Waals surface area contributed by atoms with E-state index in [2.05, 4.69) is 25.6 Å². The largest absolute Gasteiger partial charge is 0.338 e. The van der Waals surface area contributed by atoms with Crippen molar-refractivity contribution in [3.63, 3.8) is 0 Å². The molecule has 1 aliphatic heterocycles. The smallest absolute Gasteiger partial charge is 0.240 e. The number of hydrogen-bond acceptors (Lipinski definition) is 5. The molecule has 23 heavy (non-hydrogen) atoms. The number of nitrogens with one attached hydrogen (secondary N) is 2. The van der Waals surface area contributed by atoms with Crippen LogP contribution in [-0.4, -0.2) is 45.8 Å². The van der Waals surface area contributed by atoms with Crippen LogP contribution in [0.4, 0.5) is 5.88 Å². The predicted octanol–water partition coefficient (Wildman–Crippen LogP) is 2.34. The highest BCUT2D eigenvalue weighted by Crippen LogP contribution is 2.25. The SMILES string of the molecule is CC(C)c1cc(NC(=O)CN2CCC[C@@H](c3ccn[nH]3)C2)on1. The topological polar surface area (TPSA) is 87.0 Å². The number of aromatic nitrogens is 3. The standard InChI is InChI=1S/C16H23N5O2/c1-11(2)14-8-16(23-20-14)18-15(22)10-21-7-3-4-12(9-21)13-5-6-17-19-13/h5-6,8,11-12H,3-4,7,9-10H2,1-2H3,(H,17,19)(H,18,22)/t12-/m1/s1. The maximum absolute atomic E-state index is 12.2. The second-order valence-electron chi connectivity index (χ2n) is 6.41. The molecule has 1 saturated heterocycles. The number of aromatic amines is 1. The second kappa shape index (κ2) is 6.95. The van der Waals surface area contributed by atoms with Crippen LogP contribution in [0.1, 0.15) is 49.9 Å². The van der Waals surface area contributed by atoms with Gasteiger partial charge in [0.2, 0.25) is 11.8 Å². The first-order valence-electron chi connectivity index (χ1n) is 8.10. The first-order chi connectivity index (χ1) is 11.1. The van der Waals surface area contributed by atoms with Crippen LogP contribution in [-0.2, 0) is 4.79 Å². The molecule has 1 aliphatic rings. The molecule has 0 bridgehead atoms. The summed E-state index contributed by atoms with van der Waals surface area (Å²) in [6.45, 7) is 6.23. The number of nitrogens with zero attached hydrogens (tertiary/aromatic N) is 3. The van der Waals surface area contributed by atoms with Gasteiger partial charge in [-0.3, -0.25) is 20.1 Å². The Kier molecular flexibility index (Phi) is 4.76. The van der Waals surface area contributed by atoms with Gasteiger partial charge in [0.1, 0.15) is 0 Å². The fraction of sp³-hybridized carbons (Fsp3) is 0.562. The Hall–Kier alpha value is -2.15. The van der Waals surface area contributed by atoms with Gasteiger partial charge >= 0.3 is 0 Å². The summed E-state index contributed by atoms with van der Waals surface area (Å²) in [6, 6.07) is 3.79. The number of rotatable bonds is 5. The summed E-state index contributed by atoms with van der Waals surface area (Å²) in [5.74, 6) is 1.04. The van der Waals surface area contributed by atoms with E-state index in [0.717, 1.165) is 37.3 Å². The van der Waals surface area contributed by atoms with Gasteiger partial charge in [-0.2, -0.15) is 5.10 Å². The number of anilines is 1. The highest BCUT2D eigenvalue weighted by molar-refractivity contribution is 5.91. The molecular weight excluding hydrogens is 294 g/mol. The van der Waals surface area contributed by atoms with Crippen LogP contribution >= 0.6 is 0 Å². The number of amides is 1. The number of piperidine rings is 1. The molecule has 1 fully saturated rings. The minimum atomic E-state index is -0.0679. The molecule has 0 radical (unpaired) electrons. The summed E-state index contributed by atoms with van der Waals surface area (Å²) in [6.07, 6.45) is 3.98. The van der Waals surface area contributed by atoms with Crippen LogP contribution < -0.4 is 5.32 Å². The van der Waals surface area contributed by atoms with Crippen molar-refractivity contribution in [1.29, 1.82) is 0 Å². The van der Waals surface area contributed by atoms with E-state index in [1.165, 1.54) is 0 Å². The zero-order chi connectivity index (χ0) is 16.2. The number of H-pyrrole nitrogens is 1. The van der Waals surface area contributed by atoms with Gasteiger partial charge in [-0.15, -0.1) is 0 Å². The first kappa shape index (κ1) is 15.7. The molecule has 0 unspecified atom stereocenters. The fourth-order valence-corrected chi connectivity index (χ4v) is 2.95. The quantitative estimate of drug-likeness (QED) is 0.884. The van der Waals surface area contributed by atoms with Crippen LogP contribution in [0.25, 0.3) is 0 Å². The Morgan fingerprint density at radius 3 is 3.13 bits per heavy atom. The molecule has 1 atom stereocenters. The van der Waals surface area contributed by atoms with E-state index in [-0.39, 0.29) is 11.8 Å². The molecular formula is C16H23N5O2. The molecule has 3 rings (SSSR count). The minimum absolute atomic E-state index is 0.0679. The van der Waals surface area contributed by atoms with E-state index in [1.807, 2.05) is 19.9 Å². The van der Waals surface area contributed by atoms with Crippen molar-refractivity contribution in [2.45, 2.75) is 38.5 Å². The molecule has 124 valence electrons. The van der Waals surface area contributed by atoms with Crippen molar-refractivity contribution in [2.75, 3.05) is 25.0 Å². The summed E-state index contributed by atoms with van der Waals surface area (Å²) < 4.78 is 5.15. The molecule has 2 aromatic rings. The Labute approximate surface area is 135 Å². The molecule has 7 nitrogen and oxygen atoms in total. The molecule has 0 saturated carbocycles. The third kappa shape index (κ3) is 3.98. The summed E-state index contributed by atoms with van der Waals surface area (Å²) >= 11 is 0. The van der Waals surface area contributed by atoms with Crippen LogP contribution in [0, 0.1) is 0 Å². The Morgan fingerprint density at radius 1 is 1.57 bits per heavy atom. The molecule has 2 aromatic heterocycles. The van der Waals surface area contributed by atoms with E-state index >= 15 is 0 Å². The lowest BCUT2D eigenvalue weighted by Crippen LogP contribution is -2.39. The average molecular weight is 317 g/mol. The van der Waals surface area contributed by atoms with Gasteiger partial charge in [-0.25, -0.2) is 0 Å². The van der Waals surface area contributed by atoms with Crippen molar-refractivity contribution in [3.8, 4) is 0 Å². The maximum atomic E-state index is 12.2. The Morgan fingerprint density at radius 2 is 2.43 bits per heavy atom. The zero-order valence-corrected chi connectivity index (χ0v) is 13.6. The zero-order valence-electron chi connectivity index (χ0n) is 13.6. The van der Waals surface area contributed by atoms with E-state index in [4.69, 9.17) is 4.52 Å². The van der Waals surface area contributed by atoms with E-state index in [0.29, 0.717) is 18.3 Å². The van der Waals surface area contributed by atoms with Crippen molar-refractivity contribution in [3.05, 3.63) is 29.7 Å². The summed E-state index contributed by atoms with van der Waals surface area (Å²) in [7, 11) is 0. The lowest BCUT2D eigenvalue weighted by Gasteiger charge is -2.31. The molecule has 1 amide bonds. The van der Waals surface area contributed by atoms with Gasteiger partial charge in [-0.05, 0) is 31.4 Å². The van der Waals surface area contributed by atoms with E-state index in [1.54, 1.807) is 12.3 Å². The first-order valence-corrected chi connectivity index (χ1v) is 8.10. The van der Waals surface area contributed by atoms with Crippen molar-refractivity contribution < 1.29 is 9.32 Å². The lowest BCUT2D eigenvalue weighted by atomic mass is 9.95. The normalized spacial score (nSPS) is 19.2. The molecule has 2 N–H and O–H groups in total. The minimum Gasteiger partial charge on any atom is -0.338 e. The second-order valence-corrected chi connectivity index (χ2v) is 6.41. The summed E-state index contributed by atoms with van der Waals surface area (Å²) in [5, 5.41) is 13.8. The van der Waals surface area contributed by atoms with Crippen molar-refractivity contribution in [1.82, 2.24) is 20.3 Å². The monoisotopic (exact) mass is 317 g/mol. The summed E-state index contributed by atoms with van der Waals surface area (Å²) in [4.78, 5) is 14.4. The van der Waals surface area contributed by atoms with Crippen LogP contribution in [0.5, 0.6) is 0 Å². The van der Waals surface area contributed by atoms with E-state index in [9.17, 15) is 4.79 Å². The van der Waals surface area contributed by atoms with Gasteiger partial charge in [0.05, 0.1) is 12.2 Å². The molecule has 0 spiro atoms. The molecule has 0 aliphatic carbocycles. The number of hydrogen-bond donors (Lipinski definition) is 2. The number of carbonyl (C=O) groups excluding carboxylic acids is 1. The van der Waals surface area contributed by atoms with Crippen LogP contribution in [0.2, 0.25) is 0 Å². The van der Waals surface area contributed by atoms with Gasteiger partial charge < -0.3 is 4.52 Å². The van der Waals surface area contributed by atoms with Crippen LogP contribution in [0.15, 0.2) is 22.9 Å². The summed E-state index contributed by atoms with van der Waals surface area (Å²) in [5.41, 5.74) is 1.99. The van der Waals surface area contributed by atoms with Crippen LogP contribution in [0.3, 0.4) is 0 Å². The van der Waals surface area contributed by atoms with Gasteiger partial charge in [-0.1, -0.05) is 19.0 Å². The fourth-order valence-electron chi connectivity index (χ4n) is 2.95. The van der Waals surface area contributed by atoms with Crippen molar-refractivity contribution >= 4 is 11.8 Å². The number of carbonyl (C=O) groups is 1. The molecule has 3 heterocycles. The average Bonchev–Trinajstić information content (AvgIpc) is 3.18. The third-order valence-corrected chi connectivity index (χ3v) is 4.22.